The number of rotatable bonds is 9. The molecule has 8 nitrogen and oxygen atoms in total. The van der Waals surface area contributed by atoms with Gasteiger partial charge in [-0.15, -0.1) is 0 Å². The standard InChI is InChI=1S/C23H26N2O6/c1-4-30-21-19(29-3)8-6-16-12-17(23(28)31-20(16)21)22(27)25-18-7-5-15(11-14(18)2)13-24-9-10-26/h5-8,11-12,24,26H,4,9-10,13H2,1-3H3,(H,25,27). The maximum absolute atomic E-state index is 12.8. The number of carbonyl (C=O) groups is 1. The van der Waals surface area contributed by atoms with Crippen molar-refractivity contribution in [3.05, 3.63) is 63.5 Å². The molecule has 0 spiro atoms. The molecule has 3 aromatic rings. The minimum absolute atomic E-state index is 0.0697. The molecule has 2 aromatic carbocycles. The summed E-state index contributed by atoms with van der Waals surface area (Å²) in [7, 11) is 1.50. The SMILES string of the molecule is CCOc1c(OC)ccc2cc(C(=O)Nc3ccc(CNCCO)cc3C)c(=O)oc12. The highest BCUT2D eigenvalue weighted by atomic mass is 16.5. The van der Waals surface area contributed by atoms with E-state index in [0.29, 0.717) is 42.3 Å². The largest absolute Gasteiger partial charge is 0.493 e. The molecule has 0 saturated carbocycles. The molecule has 0 radical (unpaired) electrons. The average Bonchev–Trinajstić information content (AvgIpc) is 2.76. The van der Waals surface area contributed by atoms with Crippen LogP contribution in [0.1, 0.15) is 28.4 Å². The number of aliphatic hydroxyl groups is 1. The number of aryl methyl sites for hydroxylation is 1. The average molecular weight is 426 g/mol. The lowest BCUT2D eigenvalue weighted by Crippen LogP contribution is -2.21. The minimum atomic E-state index is -0.762. The Kier molecular flexibility index (Phi) is 7.28. The van der Waals surface area contributed by atoms with Crippen molar-refractivity contribution in [2.45, 2.75) is 20.4 Å². The van der Waals surface area contributed by atoms with Gasteiger partial charge in [0.1, 0.15) is 5.56 Å². The molecule has 0 aliphatic heterocycles. The van der Waals surface area contributed by atoms with Gasteiger partial charge in [-0.3, -0.25) is 4.79 Å². The quantitative estimate of drug-likeness (QED) is 0.356. The van der Waals surface area contributed by atoms with Crippen LogP contribution in [0.4, 0.5) is 5.69 Å². The Balaban J connectivity index is 1.87. The van der Waals surface area contributed by atoms with Crippen molar-refractivity contribution in [3.63, 3.8) is 0 Å². The number of methoxy groups -OCH3 is 1. The fourth-order valence-corrected chi connectivity index (χ4v) is 3.22. The van der Waals surface area contributed by atoms with Gasteiger partial charge in [0.2, 0.25) is 5.75 Å². The van der Waals surface area contributed by atoms with Crippen molar-refractivity contribution in [2.24, 2.45) is 0 Å². The summed E-state index contributed by atoms with van der Waals surface area (Å²) in [6, 6.07) is 10.5. The molecule has 0 atom stereocenters. The van der Waals surface area contributed by atoms with Crippen LogP contribution in [0, 0.1) is 6.92 Å². The molecule has 1 aromatic heterocycles. The second-order valence-corrected chi connectivity index (χ2v) is 6.90. The van der Waals surface area contributed by atoms with Crippen molar-refractivity contribution in [1.29, 1.82) is 0 Å². The predicted octanol–water partition coefficient (Wildman–Crippen LogP) is 2.84. The van der Waals surface area contributed by atoms with E-state index < -0.39 is 11.5 Å². The Hall–Kier alpha value is -3.36. The van der Waals surface area contributed by atoms with Crippen molar-refractivity contribution in [1.82, 2.24) is 5.32 Å². The van der Waals surface area contributed by atoms with Crippen molar-refractivity contribution < 1.29 is 23.8 Å². The third-order valence-corrected chi connectivity index (χ3v) is 4.73. The monoisotopic (exact) mass is 426 g/mol. The highest BCUT2D eigenvalue weighted by Gasteiger charge is 2.19. The molecule has 1 amide bonds. The van der Waals surface area contributed by atoms with Crippen LogP contribution < -0.4 is 25.7 Å². The van der Waals surface area contributed by atoms with Gasteiger partial charge in [-0.1, -0.05) is 12.1 Å². The first kappa shape index (κ1) is 22.3. The van der Waals surface area contributed by atoms with Gasteiger partial charge in [0.05, 0.1) is 20.3 Å². The molecular formula is C23H26N2O6. The van der Waals surface area contributed by atoms with E-state index in [-0.39, 0.29) is 17.8 Å². The molecule has 3 rings (SSSR count). The highest BCUT2D eigenvalue weighted by molar-refractivity contribution is 6.06. The number of hydrogen-bond acceptors (Lipinski definition) is 7. The summed E-state index contributed by atoms with van der Waals surface area (Å²) in [6.45, 7) is 5.23. The fourth-order valence-electron chi connectivity index (χ4n) is 3.22. The van der Waals surface area contributed by atoms with Gasteiger partial charge >= 0.3 is 5.63 Å². The van der Waals surface area contributed by atoms with Gasteiger partial charge in [-0.25, -0.2) is 4.79 Å². The fraction of sp³-hybridized carbons (Fsp3) is 0.304. The molecule has 0 saturated heterocycles. The lowest BCUT2D eigenvalue weighted by atomic mass is 10.1. The number of nitrogens with one attached hydrogen (secondary N) is 2. The summed E-state index contributed by atoms with van der Waals surface area (Å²) in [5.41, 5.74) is 1.84. The van der Waals surface area contributed by atoms with Gasteiger partial charge < -0.3 is 29.6 Å². The van der Waals surface area contributed by atoms with E-state index >= 15 is 0 Å². The lowest BCUT2D eigenvalue weighted by Gasteiger charge is -2.12. The van der Waals surface area contributed by atoms with Gasteiger partial charge in [0, 0.05) is 24.2 Å². The van der Waals surface area contributed by atoms with Crippen LogP contribution in [0.25, 0.3) is 11.0 Å². The topological polar surface area (TPSA) is 110 Å². The second-order valence-electron chi connectivity index (χ2n) is 6.90. The molecule has 0 aliphatic rings. The molecule has 0 unspecified atom stereocenters. The Morgan fingerprint density at radius 3 is 2.68 bits per heavy atom. The third-order valence-electron chi connectivity index (χ3n) is 4.73. The predicted molar refractivity (Wildman–Crippen MR) is 118 cm³/mol. The van der Waals surface area contributed by atoms with Crippen LogP contribution in [-0.2, 0) is 6.54 Å². The number of carbonyl (C=O) groups excluding carboxylic acids is 1. The summed E-state index contributed by atoms with van der Waals surface area (Å²) in [5.74, 6) is 0.213. The lowest BCUT2D eigenvalue weighted by molar-refractivity contribution is 0.102. The molecule has 31 heavy (non-hydrogen) atoms. The smallest absolute Gasteiger partial charge is 0.349 e. The first-order chi connectivity index (χ1) is 15.0. The third kappa shape index (κ3) is 5.04. The number of benzene rings is 2. The number of fused-ring (bicyclic) bond motifs is 1. The van der Waals surface area contributed by atoms with Crippen LogP contribution in [0.3, 0.4) is 0 Å². The van der Waals surface area contributed by atoms with Gasteiger partial charge in [-0.2, -0.15) is 0 Å². The van der Waals surface area contributed by atoms with E-state index in [1.165, 1.54) is 13.2 Å². The van der Waals surface area contributed by atoms with Crippen molar-refractivity contribution in [3.8, 4) is 11.5 Å². The van der Waals surface area contributed by atoms with Gasteiger partial charge in [0.25, 0.3) is 5.91 Å². The van der Waals surface area contributed by atoms with Crippen LogP contribution >= 0.6 is 0 Å². The molecule has 3 N–H and O–H groups in total. The second kappa shape index (κ2) is 10.1. The zero-order chi connectivity index (χ0) is 22.4. The first-order valence-corrected chi connectivity index (χ1v) is 9.98. The Morgan fingerprint density at radius 1 is 1.19 bits per heavy atom. The van der Waals surface area contributed by atoms with Gasteiger partial charge in [-0.05, 0) is 49.2 Å². The number of anilines is 1. The van der Waals surface area contributed by atoms with Crippen molar-refractivity contribution in [2.75, 3.05) is 32.2 Å². The molecule has 0 bridgehead atoms. The number of hydrogen-bond donors (Lipinski definition) is 3. The molecule has 0 aliphatic carbocycles. The Bertz CT molecular complexity index is 1140. The van der Waals surface area contributed by atoms with E-state index in [1.807, 2.05) is 26.0 Å². The Morgan fingerprint density at radius 2 is 2.00 bits per heavy atom. The minimum Gasteiger partial charge on any atom is -0.493 e. The summed E-state index contributed by atoms with van der Waals surface area (Å²) in [5, 5.41) is 15.3. The van der Waals surface area contributed by atoms with E-state index in [1.54, 1.807) is 18.2 Å². The summed E-state index contributed by atoms with van der Waals surface area (Å²) in [6.07, 6.45) is 0. The summed E-state index contributed by atoms with van der Waals surface area (Å²) < 4.78 is 16.3. The number of amides is 1. The maximum Gasteiger partial charge on any atom is 0.349 e. The van der Waals surface area contributed by atoms with Crippen LogP contribution in [0.15, 0.2) is 45.6 Å². The Labute approximate surface area is 179 Å². The molecular weight excluding hydrogens is 400 g/mol. The molecule has 8 heteroatoms. The van der Waals surface area contributed by atoms with Crippen LogP contribution in [0.2, 0.25) is 0 Å². The summed E-state index contributed by atoms with van der Waals surface area (Å²) in [4.78, 5) is 25.3. The maximum atomic E-state index is 12.8. The van der Waals surface area contributed by atoms with Crippen molar-refractivity contribution >= 4 is 22.6 Å². The first-order valence-electron chi connectivity index (χ1n) is 9.98. The normalized spacial score (nSPS) is 10.8. The number of aliphatic hydroxyl groups excluding tert-OH is 1. The van der Waals surface area contributed by atoms with E-state index in [0.717, 1.165) is 11.1 Å². The molecule has 164 valence electrons. The zero-order valence-electron chi connectivity index (χ0n) is 17.8. The molecule has 0 fully saturated rings. The van der Waals surface area contributed by atoms with E-state index in [9.17, 15) is 9.59 Å². The zero-order valence-corrected chi connectivity index (χ0v) is 17.8. The van der Waals surface area contributed by atoms with Gasteiger partial charge in [0.15, 0.2) is 11.3 Å². The summed E-state index contributed by atoms with van der Waals surface area (Å²) >= 11 is 0. The van der Waals surface area contributed by atoms with E-state index in [4.69, 9.17) is 19.0 Å². The number of ether oxygens (including phenoxy) is 2. The van der Waals surface area contributed by atoms with Crippen LogP contribution in [0.5, 0.6) is 11.5 Å². The van der Waals surface area contributed by atoms with E-state index in [2.05, 4.69) is 10.6 Å². The molecule has 1 heterocycles. The van der Waals surface area contributed by atoms with Crippen LogP contribution in [-0.4, -0.2) is 37.9 Å². The highest BCUT2D eigenvalue weighted by Crippen LogP contribution is 2.35.